The van der Waals surface area contributed by atoms with Crippen LogP contribution >= 0.6 is 23.2 Å². The Labute approximate surface area is 159 Å². The molecule has 0 saturated heterocycles. The average molecular weight is 391 g/mol. The van der Waals surface area contributed by atoms with Crippen LogP contribution in [-0.4, -0.2) is 18.0 Å². The first-order valence-corrected chi connectivity index (χ1v) is 8.67. The number of benzene rings is 2. The van der Waals surface area contributed by atoms with E-state index in [0.717, 1.165) is 10.9 Å². The standard InChI is InChI=1S/C19H16Cl2N2O3/c1-26-14-4-6-16-12(9-14)8-11(19(25)23-16)2-7-18(24)22-17-5-3-13(20)10-15(17)21/h3-6,8-10H,2,7H2,1H3,(H,22,24)(H,23,25). The zero-order valence-corrected chi connectivity index (χ0v) is 15.4. The highest BCUT2D eigenvalue weighted by atomic mass is 35.5. The van der Waals surface area contributed by atoms with Crippen LogP contribution in [0.25, 0.3) is 10.9 Å². The molecule has 2 aromatic carbocycles. The molecule has 1 aromatic heterocycles. The molecule has 0 saturated carbocycles. The number of carbonyl (C=O) groups excluding carboxylic acids is 1. The van der Waals surface area contributed by atoms with Crippen molar-refractivity contribution in [3.05, 3.63) is 68.4 Å². The molecule has 7 heteroatoms. The van der Waals surface area contributed by atoms with Crippen LogP contribution in [0.5, 0.6) is 5.75 Å². The Morgan fingerprint density at radius 2 is 1.96 bits per heavy atom. The fraction of sp³-hybridized carbons (Fsp3) is 0.158. The lowest BCUT2D eigenvalue weighted by Gasteiger charge is -2.08. The molecule has 134 valence electrons. The molecule has 0 spiro atoms. The summed E-state index contributed by atoms with van der Waals surface area (Å²) in [5.41, 5.74) is 1.53. The second-order valence-corrected chi connectivity index (χ2v) is 6.59. The molecule has 0 aliphatic heterocycles. The van der Waals surface area contributed by atoms with E-state index >= 15 is 0 Å². The summed E-state index contributed by atoms with van der Waals surface area (Å²) in [5.74, 6) is 0.463. The molecule has 1 heterocycles. The van der Waals surface area contributed by atoms with Gasteiger partial charge in [0.15, 0.2) is 0 Å². The minimum Gasteiger partial charge on any atom is -0.497 e. The summed E-state index contributed by atoms with van der Waals surface area (Å²) in [7, 11) is 1.58. The second-order valence-electron chi connectivity index (χ2n) is 5.75. The SMILES string of the molecule is COc1ccc2[nH]c(=O)c(CCC(=O)Nc3ccc(Cl)cc3Cl)cc2c1. The zero-order valence-electron chi connectivity index (χ0n) is 13.9. The lowest BCUT2D eigenvalue weighted by atomic mass is 10.1. The Balaban J connectivity index is 1.73. The van der Waals surface area contributed by atoms with Gasteiger partial charge in [0.05, 0.1) is 17.8 Å². The van der Waals surface area contributed by atoms with Gasteiger partial charge in [-0.3, -0.25) is 9.59 Å². The van der Waals surface area contributed by atoms with Crippen molar-refractivity contribution in [2.45, 2.75) is 12.8 Å². The number of hydrogen-bond donors (Lipinski definition) is 2. The van der Waals surface area contributed by atoms with Crippen LogP contribution in [0.15, 0.2) is 47.3 Å². The summed E-state index contributed by atoms with van der Waals surface area (Å²) >= 11 is 11.9. The van der Waals surface area contributed by atoms with Crippen LogP contribution in [0, 0.1) is 0 Å². The molecular formula is C19H16Cl2N2O3. The maximum absolute atomic E-state index is 12.2. The van der Waals surface area contributed by atoms with E-state index in [1.807, 2.05) is 6.07 Å². The van der Waals surface area contributed by atoms with Gasteiger partial charge < -0.3 is 15.0 Å². The molecular weight excluding hydrogens is 375 g/mol. The third-order valence-corrected chi connectivity index (χ3v) is 4.50. The zero-order chi connectivity index (χ0) is 18.7. The molecule has 2 N–H and O–H groups in total. The Morgan fingerprint density at radius 3 is 2.69 bits per heavy atom. The van der Waals surface area contributed by atoms with Crippen LogP contribution in [0.3, 0.4) is 0 Å². The molecule has 0 bridgehead atoms. The molecule has 0 aliphatic carbocycles. The van der Waals surface area contributed by atoms with Gasteiger partial charge in [0.2, 0.25) is 5.91 Å². The summed E-state index contributed by atoms with van der Waals surface area (Å²) in [5, 5.41) is 4.42. The molecule has 3 aromatic rings. The van der Waals surface area contributed by atoms with E-state index in [1.54, 1.807) is 43.5 Å². The van der Waals surface area contributed by atoms with Gasteiger partial charge in [0, 0.05) is 27.9 Å². The van der Waals surface area contributed by atoms with Crippen molar-refractivity contribution in [3.63, 3.8) is 0 Å². The molecule has 0 unspecified atom stereocenters. The number of fused-ring (bicyclic) bond motifs is 1. The lowest BCUT2D eigenvalue weighted by Crippen LogP contribution is -2.17. The van der Waals surface area contributed by atoms with Gasteiger partial charge in [-0.1, -0.05) is 23.2 Å². The number of rotatable bonds is 5. The van der Waals surface area contributed by atoms with E-state index in [2.05, 4.69) is 10.3 Å². The molecule has 3 rings (SSSR count). The molecule has 5 nitrogen and oxygen atoms in total. The van der Waals surface area contributed by atoms with E-state index in [-0.39, 0.29) is 17.9 Å². The van der Waals surface area contributed by atoms with Crippen LogP contribution < -0.4 is 15.6 Å². The van der Waals surface area contributed by atoms with Crippen molar-refractivity contribution in [2.75, 3.05) is 12.4 Å². The number of H-pyrrole nitrogens is 1. The number of aromatic amines is 1. The van der Waals surface area contributed by atoms with Crippen molar-refractivity contribution in [3.8, 4) is 5.75 Å². The average Bonchev–Trinajstić information content (AvgIpc) is 2.62. The lowest BCUT2D eigenvalue weighted by molar-refractivity contribution is -0.116. The quantitative estimate of drug-likeness (QED) is 0.677. The Morgan fingerprint density at radius 1 is 1.15 bits per heavy atom. The number of carbonyl (C=O) groups is 1. The number of halogens is 2. The Bertz CT molecular complexity index is 1030. The van der Waals surface area contributed by atoms with Crippen LogP contribution in [0.2, 0.25) is 10.0 Å². The largest absolute Gasteiger partial charge is 0.497 e. The number of amides is 1. The first-order valence-electron chi connectivity index (χ1n) is 7.91. The number of anilines is 1. The topological polar surface area (TPSA) is 71.2 Å². The Hall–Kier alpha value is -2.50. The van der Waals surface area contributed by atoms with Gasteiger partial charge in [-0.2, -0.15) is 0 Å². The summed E-state index contributed by atoms with van der Waals surface area (Å²) in [6, 6.07) is 12.0. The molecule has 26 heavy (non-hydrogen) atoms. The number of ether oxygens (including phenoxy) is 1. The number of hydrogen-bond acceptors (Lipinski definition) is 3. The van der Waals surface area contributed by atoms with Crippen molar-refractivity contribution < 1.29 is 9.53 Å². The first kappa shape index (κ1) is 18.3. The van der Waals surface area contributed by atoms with Crippen molar-refractivity contribution in [2.24, 2.45) is 0 Å². The van der Waals surface area contributed by atoms with Crippen molar-refractivity contribution in [1.29, 1.82) is 0 Å². The highest BCUT2D eigenvalue weighted by molar-refractivity contribution is 6.36. The molecule has 1 amide bonds. The highest BCUT2D eigenvalue weighted by Gasteiger charge is 2.10. The maximum Gasteiger partial charge on any atom is 0.251 e. The molecule has 0 aliphatic rings. The first-order chi connectivity index (χ1) is 12.5. The molecule has 0 radical (unpaired) electrons. The number of methoxy groups -OCH3 is 1. The number of nitrogens with one attached hydrogen (secondary N) is 2. The monoisotopic (exact) mass is 390 g/mol. The smallest absolute Gasteiger partial charge is 0.251 e. The maximum atomic E-state index is 12.2. The van der Waals surface area contributed by atoms with E-state index < -0.39 is 0 Å². The molecule has 0 atom stereocenters. The normalized spacial score (nSPS) is 10.7. The van der Waals surface area contributed by atoms with Gasteiger partial charge in [-0.05, 0) is 48.9 Å². The van der Waals surface area contributed by atoms with Crippen molar-refractivity contribution >= 4 is 45.7 Å². The molecule has 0 fully saturated rings. The van der Waals surface area contributed by atoms with E-state index in [0.29, 0.717) is 33.5 Å². The van der Waals surface area contributed by atoms with Crippen LogP contribution in [-0.2, 0) is 11.2 Å². The summed E-state index contributed by atoms with van der Waals surface area (Å²) in [6.07, 6.45) is 0.455. The minimum absolute atomic E-state index is 0.150. The predicted octanol–water partition coefficient (Wildman–Crippen LogP) is 4.41. The third-order valence-electron chi connectivity index (χ3n) is 3.95. The van der Waals surface area contributed by atoms with Crippen LogP contribution in [0.1, 0.15) is 12.0 Å². The number of aryl methyl sites for hydroxylation is 1. The fourth-order valence-corrected chi connectivity index (χ4v) is 3.05. The van der Waals surface area contributed by atoms with Gasteiger partial charge in [-0.25, -0.2) is 0 Å². The fourth-order valence-electron chi connectivity index (χ4n) is 2.59. The van der Waals surface area contributed by atoms with E-state index in [1.165, 1.54) is 0 Å². The summed E-state index contributed by atoms with van der Waals surface area (Å²) in [4.78, 5) is 27.2. The van der Waals surface area contributed by atoms with E-state index in [9.17, 15) is 9.59 Å². The van der Waals surface area contributed by atoms with Crippen molar-refractivity contribution in [1.82, 2.24) is 4.98 Å². The second kappa shape index (κ2) is 7.81. The van der Waals surface area contributed by atoms with Gasteiger partial charge in [0.1, 0.15) is 5.75 Å². The van der Waals surface area contributed by atoms with Gasteiger partial charge in [-0.15, -0.1) is 0 Å². The van der Waals surface area contributed by atoms with Gasteiger partial charge in [0.25, 0.3) is 5.56 Å². The summed E-state index contributed by atoms with van der Waals surface area (Å²) in [6.45, 7) is 0. The summed E-state index contributed by atoms with van der Waals surface area (Å²) < 4.78 is 5.20. The van der Waals surface area contributed by atoms with Crippen LogP contribution in [0.4, 0.5) is 5.69 Å². The number of aromatic nitrogens is 1. The highest BCUT2D eigenvalue weighted by Crippen LogP contribution is 2.25. The third kappa shape index (κ3) is 4.18. The predicted molar refractivity (Wildman–Crippen MR) is 105 cm³/mol. The minimum atomic E-state index is -0.237. The van der Waals surface area contributed by atoms with Gasteiger partial charge >= 0.3 is 0 Å². The number of pyridine rings is 1. The Kier molecular flexibility index (Phi) is 5.49. The van der Waals surface area contributed by atoms with E-state index in [4.69, 9.17) is 27.9 Å².